The quantitative estimate of drug-likeness (QED) is 0.887. The van der Waals surface area contributed by atoms with Crippen LogP contribution in [-0.2, 0) is 0 Å². The lowest BCUT2D eigenvalue weighted by Gasteiger charge is -2.32. The molecule has 1 saturated heterocycles. The van der Waals surface area contributed by atoms with E-state index in [1.54, 1.807) is 6.07 Å². The van der Waals surface area contributed by atoms with Gasteiger partial charge in [-0.3, -0.25) is 4.90 Å². The number of piperazine rings is 1. The first-order valence-corrected chi connectivity index (χ1v) is 7.15. The van der Waals surface area contributed by atoms with Gasteiger partial charge in [0.05, 0.1) is 0 Å². The molecule has 1 aliphatic heterocycles. The molecule has 4 nitrogen and oxygen atoms in total. The zero-order chi connectivity index (χ0) is 14.5. The molecule has 0 amide bonds. The topological polar surface area (TPSA) is 41.7 Å². The van der Waals surface area contributed by atoms with Crippen molar-refractivity contribution in [2.24, 2.45) is 5.73 Å². The van der Waals surface area contributed by atoms with Crippen LogP contribution in [0.1, 0.15) is 18.5 Å². The molecule has 1 aromatic rings. The summed E-state index contributed by atoms with van der Waals surface area (Å²) >= 11 is 0. The predicted molar refractivity (Wildman–Crippen MR) is 78.4 cm³/mol. The zero-order valence-corrected chi connectivity index (χ0v) is 12.3. The first kappa shape index (κ1) is 15.2. The Morgan fingerprint density at radius 1 is 1.30 bits per heavy atom. The highest BCUT2D eigenvalue weighted by Gasteiger charge is 2.14. The van der Waals surface area contributed by atoms with E-state index in [2.05, 4.69) is 16.8 Å². The monoisotopic (exact) mass is 281 g/mol. The van der Waals surface area contributed by atoms with Crippen LogP contribution in [0.3, 0.4) is 0 Å². The largest absolute Gasteiger partial charge is 0.489 e. The van der Waals surface area contributed by atoms with Crippen molar-refractivity contribution in [3.63, 3.8) is 0 Å². The van der Waals surface area contributed by atoms with Gasteiger partial charge in [0.1, 0.15) is 6.61 Å². The van der Waals surface area contributed by atoms with Crippen LogP contribution in [-0.4, -0.2) is 56.2 Å². The van der Waals surface area contributed by atoms with Crippen LogP contribution in [0.4, 0.5) is 4.39 Å². The molecule has 0 aliphatic carbocycles. The molecular weight excluding hydrogens is 257 g/mol. The highest BCUT2D eigenvalue weighted by molar-refractivity contribution is 5.30. The SMILES string of the molecule is C[C@H](N)c1ccc(OCCN2CCN(C)CC2)c(F)c1. The van der Waals surface area contributed by atoms with Gasteiger partial charge in [0.15, 0.2) is 11.6 Å². The second kappa shape index (κ2) is 7.02. The fraction of sp³-hybridized carbons (Fsp3) is 0.600. The lowest BCUT2D eigenvalue weighted by molar-refractivity contribution is 0.132. The van der Waals surface area contributed by atoms with Gasteiger partial charge in [-0.1, -0.05) is 6.07 Å². The Kier molecular flexibility index (Phi) is 5.34. The van der Waals surface area contributed by atoms with E-state index >= 15 is 0 Å². The fourth-order valence-corrected chi connectivity index (χ4v) is 2.27. The molecule has 5 heteroatoms. The molecule has 0 bridgehead atoms. The minimum atomic E-state index is -0.335. The predicted octanol–water partition coefficient (Wildman–Crippen LogP) is 1.47. The van der Waals surface area contributed by atoms with Gasteiger partial charge in [0.2, 0.25) is 0 Å². The summed E-state index contributed by atoms with van der Waals surface area (Å²) in [6.45, 7) is 7.44. The van der Waals surface area contributed by atoms with E-state index in [9.17, 15) is 4.39 Å². The number of nitrogens with zero attached hydrogens (tertiary/aromatic N) is 2. The van der Waals surface area contributed by atoms with Crippen molar-refractivity contribution >= 4 is 0 Å². The van der Waals surface area contributed by atoms with Crippen molar-refractivity contribution in [2.75, 3.05) is 46.4 Å². The van der Waals surface area contributed by atoms with Gasteiger partial charge in [-0.15, -0.1) is 0 Å². The molecule has 2 rings (SSSR count). The van der Waals surface area contributed by atoms with Crippen LogP contribution in [0.15, 0.2) is 18.2 Å². The number of halogens is 1. The Labute approximate surface area is 120 Å². The summed E-state index contributed by atoms with van der Waals surface area (Å²) in [5.74, 6) is -0.0262. The zero-order valence-electron chi connectivity index (χ0n) is 12.3. The molecule has 20 heavy (non-hydrogen) atoms. The van der Waals surface area contributed by atoms with Crippen LogP contribution in [0, 0.1) is 5.82 Å². The molecule has 0 aromatic heterocycles. The summed E-state index contributed by atoms with van der Waals surface area (Å²) in [6.07, 6.45) is 0. The number of rotatable bonds is 5. The maximum Gasteiger partial charge on any atom is 0.165 e. The summed E-state index contributed by atoms with van der Waals surface area (Å²) in [4.78, 5) is 4.65. The Hall–Kier alpha value is -1.17. The Morgan fingerprint density at radius 3 is 2.60 bits per heavy atom. The van der Waals surface area contributed by atoms with Crippen molar-refractivity contribution in [3.05, 3.63) is 29.6 Å². The number of hydrogen-bond donors (Lipinski definition) is 1. The lowest BCUT2D eigenvalue weighted by Crippen LogP contribution is -2.45. The third-order valence-electron chi connectivity index (χ3n) is 3.74. The van der Waals surface area contributed by atoms with E-state index < -0.39 is 0 Å². The molecule has 0 radical (unpaired) electrons. The molecule has 1 aromatic carbocycles. The third kappa shape index (κ3) is 4.16. The molecule has 2 N–H and O–H groups in total. The summed E-state index contributed by atoms with van der Waals surface area (Å²) < 4.78 is 19.4. The fourth-order valence-electron chi connectivity index (χ4n) is 2.27. The van der Waals surface area contributed by atoms with Crippen molar-refractivity contribution in [1.82, 2.24) is 9.80 Å². The molecule has 1 heterocycles. The molecule has 112 valence electrons. The molecule has 1 fully saturated rings. The van der Waals surface area contributed by atoms with Crippen molar-refractivity contribution in [1.29, 1.82) is 0 Å². The highest BCUT2D eigenvalue weighted by Crippen LogP contribution is 2.21. The maximum atomic E-state index is 13.8. The Bertz CT molecular complexity index is 431. The van der Waals surface area contributed by atoms with Gasteiger partial charge in [0.25, 0.3) is 0 Å². The molecule has 1 atom stereocenters. The summed E-state index contributed by atoms with van der Waals surface area (Å²) in [6, 6.07) is 4.77. The van der Waals surface area contributed by atoms with E-state index in [1.807, 2.05) is 13.0 Å². The minimum absolute atomic E-state index is 0.163. The maximum absolute atomic E-state index is 13.8. The van der Waals surface area contributed by atoms with Crippen LogP contribution in [0.5, 0.6) is 5.75 Å². The van der Waals surface area contributed by atoms with Gasteiger partial charge in [-0.05, 0) is 31.7 Å². The van der Waals surface area contributed by atoms with E-state index in [0.29, 0.717) is 12.4 Å². The van der Waals surface area contributed by atoms with Crippen LogP contribution >= 0.6 is 0 Å². The van der Waals surface area contributed by atoms with Crippen molar-refractivity contribution in [3.8, 4) is 5.75 Å². The van der Waals surface area contributed by atoms with E-state index in [4.69, 9.17) is 10.5 Å². The van der Waals surface area contributed by atoms with Gasteiger partial charge < -0.3 is 15.4 Å². The van der Waals surface area contributed by atoms with Gasteiger partial charge in [0, 0.05) is 38.8 Å². The number of benzene rings is 1. The van der Waals surface area contributed by atoms with Gasteiger partial charge in [-0.25, -0.2) is 4.39 Å². The first-order chi connectivity index (χ1) is 9.56. The molecular formula is C15H24FN3O. The lowest BCUT2D eigenvalue weighted by atomic mass is 10.1. The highest BCUT2D eigenvalue weighted by atomic mass is 19.1. The molecule has 1 aliphatic rings. The van der Waals surface area contributed by atoms with Crippen molar-refractivity contribution in [2.45, 2.75) is 13.0 Å². The Balaban J connectivity index is 1.79. The van der Waals surface area contributed by atoms with Gasteiger partial charge in [-0.2, -0.15) is 0 Å². The number of hydrogen-bond acceptors (Lipinski definition) is 4. The molecule has 0 saturated carbocycles. The Morgan fingerprint density at radius 2 is 2.00 bits per heavy atom. The second-order valence-electron chi connectivity index (χ2n) is 5.47. The van der Waals surface area contributed by atoms with Crippen LogP contribution in [0.2, 0.25) is 0 Å². The van der Waals surface area contributed by atoms with Crippen LogP contribution < -0.4 is 10.5 Å². The van der Waals surface area contributed by atoms with Crippen molar-refractivity contribution < 1.29 is 9.13 Å². The summed E-state index contributed by atoms with van der Waals surface area (Å²) in [5, 5.41) is 0. The summed E-state index contributed by atoms with van der Waals surface area (Å²) in [7, 11) is 2.13. The first-order valence-electron chi connectivity index (χ1n) is 7.15. The molecule has 0 unspecified atom stereocenters. The smallest absolute Gasteiger partial charge is 0.165 e. The number of nitrogens with two attached hydrogens (primary N) is 1. The normalized spacial score (nSPS) is 19.0. The molecule has 0 spiro atoms. The standard InChI is InChI=1S/C15H24FN3O/c1-12(17)13-3-4-15(14(16)11-13)20-10-9-19-7-5-18(2)6-8-19/h3-4,11-12H,5-10,17H2,1-2H3/t12-/m0/s1. The number of likely N-dealkylation sites (N-methyl/N-ethyl adjacent to an activating group) is 1. The second-order valence-corrected chi connectivity index (χ2v) is 5.47. The average Bonchev–Trinajstić information content (AvgIpc) is 2.42. The van der Waals surface area contributed by atoms with E-state index in [0.717, 1.165) is 38.3 Å². The average molecular weight is 281 g/mol. The van der Waals surface area contributed by atoms with Crippen LogP contribution in [0.25, 0.3) is 0 Å². The minimum Gasteiger partial charge on any atom is -0.489 e. The summed E-state index contributed by atoms with van der Waals surface area (Å²) in [5.41, 5.74) is 6.51. The number of ether oxygens (including phenoxy) is 1. The van der Waals surface area contributed by atoms with Gasteiger partial charge >= 0.3 is 0 Å². The third-order valence-corrected chi connectivity index (χ3v) is 3.74. The van der Waals surface area contributed by atoms with E-state index in [1.165, 1.54) is 6.07 Å². The van der Waals surface area contributed by atoms with E-state index in [-0.39, 0.29) is 11.9 Å².